The molecule has 0 saturated heterocycles. The van der Waals surface area contributed by atoms with Crippen molar-refractivity contribution in [3.8, 4) is 10.6 Å². The zero-order chi connectivity index (χ0) is 10.1. The number of rotatable bonds is 2. The lowest BCUT2D eigenvalue weighted by Gasteiger charge is -1.97. The van der Waals surface area contributed by atoms with Crippen molar-refractivity contribution in [3.63, 3.8) is 0 Å². The fraction of sp³-hybridized carbons (Fsp3) is 0.200. The van der Waals surface area contributed by atoms with Gasteiger partial charge in [-0.25, -0.2) is 0 Å². The largest absolute Gasteiger partial charge is 0.397 e. The molecular weight excluding hydrogens is 194 g/mol. The lowest BCUT2D eigenvalue weighted by molar-refractivity contribution is 1.05. The maximum absolute atomic E-state index is 6.00. The summed E-state index contributed by atoms with van der Waals surface area (Å²) in [7, 11) is 0. The van der Waals surface area contributed by atoms with E-state index in [0.29, 0.717) is 6.54 Å². The van der Waals surface area contributed by atoms with E-state index in [2.05, 4.69) is 4.98 Å². The van der Waals surface area contributed by atoms with Crippen molar-refractivity contribution in [2.24, 2.45) is 5.73 Å². The summed E-state index contributed by atoms with van der Waals surface area (Å²) in [6, 6.07) is 4.06. The number of H-pyrrole nitrogens is 1. The number of thiophene rings is 1. The number of hydrogen-bond acceptors (Lipinski definition) is 3. The van der Waals surface area contributed by atoms with E-state index in [-0.39, 0.29) is 0 Å². The Labute approximate surface area is 86.7 Å². The average Bonchev–Trinajstić information content (AvgIpc) is 2.74. The molecule has 4 heteroatoms. The minimum atomic E-state index is 0.486. The van der Waals surface area contributed by atoms with Gasteiger partial charge in [0.05, 0.1) is 16.3 Å². The van der Waals surface area contributed by atoms with E-state index >= 15 is 0 Å². The number of aromatic amines is 1. The quantitative estimate of drug-likeness (QED) is 0.706. The number of nitrogens with one attached hydrogen (secondary N) is 1. The van der Waals surface area contributed by atoms with Crippen LogP contribution >= 0.6 is 11.3 Å². The molecule has 0 atom stereocenters. The molecule has 2 aromatic rings. The van der Waals surface area contributed by atoms with Gasteiger partial charge in [0.2, 0.25) is 0 Å². The standard InChI is InChI=1S/C10H13N3S/c1-6-7(5-11)9(12)10(13-6)8-3-2-4-14-8/h2-4,13H,5,11-12H2,1H3. The van der Waals surface area contributed by atoms with Crippen molar-refractivity contribution in [1.82, 2.24) is 4.98 Å². The van der Waals surface area contributed by atoms with Gasteiger partial charge in [-0.3, -0.25) is 0 Å². The van der Waals surface area contributed by atoms with E-state index in [4.69, 9.17) is 11.5 Å². The molecule has 0 radical (unpaired) electrons. The first kappa shape index (κ1) is 9.30. The van der Waals surface area contributed by atoms with Crippen LogP contribution in [0.3, 0.4) is 0 Å². The molecule has 2 heterocycles. The fourth-order valence-electron chi connectivity index (χ4n) is 1.56. The highest BCUT2D eigenvalue weighted by Gasteiger charge is 2.12. The maximum Gasteiger partial charge on any atom is 0.0794 e. The van der Waals surface area contributed by atoms with Gasteiger partial charge in [0.15, 0.2) is 0 Å². The van der Waals surface area contributed by atoms with E-state index in [0.717, 1.165) is 27.5 Å². The summed E-state index contributed by atoms with van der Waals surface area (Å²) in [5.74, 6) is 0. The summed E-state index contributed by atoms with van der Waals surface area (Å²) in [4.78, 5) is 4.43. The second kappa shape index (κ2) is 3.48. The highest BCUT2D eigenvalue weighted by atomic mass is 32.1. The van der Waals surface area contributed by atoms with E-state index in [1.807, 2.05) is 24.4 Å². The van der Waals surface area contributed by atoms with Crippen LogP contribution in [0.1, 0.15) is 11.3 Å². The lowest BCUT2D eigenvalue weighted by atomic mass is 10.2. The number of aromatic nitrogens is 1. The molecular formula is C10H13N3S. The van der Waals surface area contributed by atoms with Crippen molar-refractivity contribution in [3.05, 3.63) is 28.8 Å². The molecule has 2 aromatic heterocycles. The Morgan fingerprint density at radius 2 is 2.29 bits per heavy atom. The molecule has 3 nitrogen and oxygen atoms in total. The maximum atomic E-state index is 6.00. The van der Waals surface area contributed by atoms with Crippen LogP contribution in [0.5, 0.6) is 0 Å². The zero-order valence-corrected chi connectivity index (χ0v) is 8.82. The van der Waals surface area contributed by atoms with Gasteiger partial charge in [0, 0.05) is 17.8 Å². The number of nitrogens with two attached hydrogens (primary N) is 2. The number of aryl methyl sites for hydroxylation is 1. The Morgan fingerprint density at radius 3 is 2.79 bits per heavy atom. The molecule has 5 N–H and O–H groups in total. The molecule has 0 aliphatic carbocycles. The second-order valence-electron chi connectivity index (χ2n) is 3.20. The van der Waals surface area contributed by atoms with E-state index in [1.54, 1.807) is 11.3 Å². The smallest absolute Gasteiger partial charge is 0.0794 e. The van der Waals surface area contributed by atoms with Crippen LogP contribution in [0.4, 0.5) is 5.69 Å². The monoisotopic (exact) mass is 207 g/mol. The molecule has 0 bridgehead atoms. The van der Waals surface area contributed by atoms with Gasteiger partial charge < -0.3 is 16.5 Å². The molecule has 74 valence electrons. The van der Waals surface area contributed by atoms with E-state index < -0.39 is 0 Å². The predicted octanol–water partition coefficient (Wildman–Crippen LogP) is 2.09. The van der Waals surface area contributed by atoms with Crippen molar-refractivity contribution >= 4 is 17.0 Å². The summed E-state index contributed by atoms with van der Waals surface area (Å²) in [5.41, 5.74) is 15.5. The van der Waals surface area contributed by atoms with Crippen LogP contribution < -0.4 is 11.5 Å². The van der Waals surface area contributed by atoms with E-state index in [9.17, 15) is 0 Å². The SMILES string of the molecule is Cc1[nH]c(-c2cccs2)c(N)c1CN. The van der Waals surface area contributed by atoms with Gasteiger partial charge in [0.1, 0.15) is 0 Å². The summed E-state index contributed by atoms with van der Waals surface area (Å²) in [5, 5.41) is 2.03. The van der Waals surface area contributed by atoms with Crippen molar-refractivity contribution in [2.45, 2.75) is 13.5 Å². The third-order valence-corrected chi connectivity index (χ3v) is 3.22. The first-order valence-electron chi connectivity index (χ1n) is 4.45. The van der Waals surface area contributed by atoms with Crippen LogP contribution in [0, 0.1) is 6.92 Å². The van der Waals surface area contributed by atoms with Crippen LogP contribution in [0.2, 0.25) is 0 Å². The Balaban J connectivity index is 2.55. The first-order valence-corrected chi connectivity index (χ1v) is 5.33. The van der Waals surface area contributed by atoms with E-state index in [1.165, 1.54) is 0 Å². The van der Waals surface area contributed by atoms with Crippen molar-refractivity contribution < 1.29 is 0 Å². The van der Waals surface area contributed by atoms with Gasteiger partial charge in [-0.2, -0.15) is 0 Å². The number of nitrogen functional groups attached to an aromatic ring is 1. The first-order chi connectivity index (χ1) is 6.74. The molecule has 0 spiro atoms. The Morgan fingerprint density at radius 1 is 1.50 bits per heavy atom. The third kappa shape index (κ3) is 1.32. The molecule has 0 aromatic carbocycles. The van der Waals surface area contributed by atoms with Crippen molar-refractivity contribution in [2.75, 3.05) is 5.73 Å². The molecule has 0 saturated carbocycles. The predicted molar refractivity (Wildman–Crippen MR) is 61.1 cm³/mol. The molecule has 0 amide bonds. The van der Waals surface area contributed by atoms with Gasteiger partial charge in [0.25, 0.3) is 0 Å². The van der Waals surface area contributed by atoms with Gasteiger partial charge >= 0.3 is 0 Å². The number of hydrogen-bond donors (Lipinski definition) is 3. The summed E-state index contributed by atoms with van der Waals surface area (Å²) < 4.78 is 0. The molecule has 2 rings (SSSR count). The summed E-state index contributed by atoms with van der Waals surface area (Å²) in [6.07, 6.45) is 0. The average molecular weight is 207 g/mol. The van der Waals surface area contributed by atoms with Crippen LogP contribution in [-0.2, 0) is 6.54 Å². The topological polar surface area (TPSA) is 67.8 Å². The molecule has 0 unspecified atom stereocenters. The zero-order valence-electron chi connectivity index (χ0n) is 8.00. The minimum Gasteiger partial charge on any atom is -0.397 e. The number of anilines is 1. The van der Waals surface area contributed by atoms with Crippen LogP contribution in [-0.4, -0.2) is 4.98 Å². The highest BCUT2D eigenvalue weighted by Crippen LogP contribution is 2.32. The second-order valence-corrected chi connectivity index (χ2v) is 4.15. The van der Waals surface area contributed by atoms with Crippen LogP contribution in [0.25, 0.3) is 10.6 Å². The molecule has 14 heavy (non-hydrogen) atoms. The summed E-state index contributed by atoms with van der Waals surface area (Å²) in [6.45, 7) is 2.48. The lowest BCUT2D eigenvalue weighted by Crippen LogP contribution is -2.00. The molecule has 0 aliphatic heterocycles. The highest BCUT2D eigenvalue weighted by molar-refractivity contribution is 7.13. The third-order valence-electron chi connectivity index (χ3n) is 2.33. The fourth-order valence-corrected chi connectivity index (χ4v) is 2.30. The Bertz CT molecular complexity index is 428. The van der Waals surface area contributed by atoms with Crippen LogP contribution in [0.15, 0.2) is 17.5 Å². The summed E-state index contributed by atoms with van der Waals surface area (Å²) >= 11 is 1.67. The van der Waals surface area contributed by atoms with Gasteiger partial charge in [-0.05, 0) is 18.4 Å². The molecule has 0 fully saturated rings. The normalized spacial score (nSPS) is 10.7. The Hall–Kier alpha value is -1.26. The van der Waals surface area contributed by atoms with Gasteiger partial charge in [-0.1, -0.05) is 6.07 Å². The molecule has 0 aliphatic rings. The minimum absolute atomic E-state index is 0.486. The van der Waals surface area contributed by atoms with Crippen molar-refractivity contribution in [1.29, 1.82) is 0 Å². The van der Waals surface area contributed by atoms with Gasteiger partial charge in [-0.15, -0.1) is 11.3 Å². The Kier molecular flexibility index (Phi) is 2.31.